The number of carbonyl (C=O) groups is 1. The zero-order valence-electron chi connectivity index (χ0n) is 9.29. The highest BCUT2D eigenvalue weighted by atomic mass is 16.1. The molecule has 16 heavy (non-hydrogen) atoms. The molecule has 0 spiro atoms. The van der Waals surface area contributed by atoms with Gasteiger partial charge in [0.25, 0.3) is 0 Å². The molecule has 0 aliphatic heterocycles. The van der Waals surface area contributed by atoms with Crippen LogP contribution in [0.3, 0.4) is 0 Å². The lowest BCUT2D eigenvalue weighted by molar-refractivity contribution is -0.119. The first-order valence-electron chi connectivity index (χ1n) is 5.21. The van der Waals surface area contributed by atoms with Gasteiger partial charge in [-0.3, -0.25) is 4.79 Å². The van der Waals surface area contributed by atoms with Crippen LogP contribution in [0.2, 0.25) is 0 Å². The van der Waals surface area contributed by atoms with E-state index < -0.39 is 0 Å². The van der Waals surface area contributed by atoms with Gasteiger partial charge in [0.2, 0.25) is 0 Å². The Kier molecular flexibility index (Phi) is 2.89. The Morgan fingerprint density at radius 2 is 2.25 bits per heavy atom. The van der Waals surface area contributed by atoms with Crippen molar-refractivity contribution in [3.63, 3.8) is 0 Å². The summed E-state index contributed by atoms with van der Waals surface area (Å²) < 4.78 is 1.33. The van der Waals surface area contributed by atoms with Crippen LogP contribution in [0.5, 0.6) is 0 Å². The molecule has 0 amide bonds. The standard InChI is InChI=1S/C10H13N5O/c1-7(2)5-9(16)6-8-3-4-10-11-13-14-15(10)12-8/h3-4,7H,5-6H2,1-2H3. The van der Waals surface area contributed by atoms with Gasteiger partial charge in [-0.15, -0.1) is 9.73 Å². The van der Waals surface area contributed by atoms with Crippen molar-refractivity contribution in [1.29, 1.82) is 0 Å². The lowest BCUT2D eigenvalue weighted by Crippen LogP contribution is -2.09. The molecule has 2 heterocycles. The van der Waals surface area contributed by atoms with Gasteiger partial charge in [0.1, 0.15) is 5.78 Å². The van der Waals surface area contributed by atoms with Gasteiger partial charge in [-0.05, 0) is 28.5 Å². The third kappa shape index (κ3) is 2.39. The van der Waals surface area contributed by atoms with Crippen LogP contribution < -0.4 is 0 Å². The van der Waals surface area contributed by atoms with E-state index in [0.29, 0.717) is 30.1 Å². The van der Waals surface area contributed by atoms with Crippen LogP contribution in [-0.2, 0) is 11.2 Å². The van der Waals surface area contributed by atoms with Crippen molar-refractivity contribution in [2.75, 3.05) is 0 Å². The van der Waals surface area contributed by atoms with Crippen LogP contribution in [0.15, 0.2) is 12.1 Å². The molecule has 0 radical (unpaired) electrons. The Balaban J connectivity index is 2.11. The summed E-state index contributed by atoms with van der Waals surface area (Å²) in [4.78, 5) is 11.6. The molecule has 0 N–H and O–H groups in total. The third-order valence-corrected chi connectivity index (χ3v) is 2.14. The highest BCUT2D eigenvalue weighted by molar-refractivity contribution is 5.80. The van der Waals surface area contributed by atoms with E-state index in [4.69, 9.17) is 0 Å². The van der Waals surface area contributed by atoms with E-state index in [0.717, 1.165) is 0 Å². The van der Waals surface area contributed by atoms with E-state index in [1.807, 2.05) is 13.8 Å². The number of tetrazole rings is 1. The molecule has 0 atom stereocenters. The second-order valence-corrected chi connectivity index (χ2v) is 4.16. The Labute approximate surface area is 92.7 Å². The summed E-state index contributed by atoms with van der Waals surface area (Å²) in [5.74, 6) is 0.569. The Hall–Kier alpha value is -1.85. The van der Waals surface area contributed by atoms with Crippen molar-refractivity contribution in [3.05, 3.63) is 17.8 Å². The number of carbonyl (C=O) groups excluding carboxylic acids is 1. The molecule has 0 unspecified atom stereocenters. The van der Waals surface area contributed by atoms with E-state index in [2.05, 4.69) is 20.6 Å². The van der Waals surface area contributed by atoms with Crippen molar-refractivity contribution >= 4 is 11.4 Å². The van der Waals surface area contributed by atoms with Crippen LogP contribution in [-0.4, -0.2) is 31.0 Å². The average Bonchev–Trinajstić information content (AvgIpc) is 2.63. The quantitative estimate of drug-likeness (QED) is 0.755. The van der Waals surface area contributed by atoms with Crippen LogP contribution in [0.1, 0.15) is 26.0 Å². The van der Waals surface area contributed by atoms with Gasteiger partial charge in [0.05, 0.1) is 12.1 Å². The maximum atomic E-state index is 11.6. The monoisotopic (exact) mass is 219 g/mol. The second kappa shape index (κ2) is 4.34. The highest BCUT2D eigenvalue weighted by Gasteiger charge is 2.08. The van der Waals surface area contributed by atoms with E-state index in [1.165, 1.54) is 4.63 Å². The predicted octanol–water partition coefficient (Wildman–Crippen LogP) is 0.677. The highest BCUT2D eigenvalue weighted by Crippen LogP contribution is 2.05. The molecule has 6 heteroatoms. The van der Waals surface area contributed by atoms with Gasteiger partial charge in [-0.2, -0.15) is 5.10 Å². The van der Waals surface area contributed by atoms with Crippen LogP contribution >= 0.6 is 0 Å². The summed E-state index contributed by atoms with van der Waals surface area (Å²) in [5.41, 5.74) is 1.28. The molecule has 2 rings (SSSR count). The number of Topliss-reactive ketones (excluding diaryl/α,β-unsaturated/α-hetero) is 1. The van der Waals surface area contributed by atoms with Gasteiger partial charge < -0.3 is 0 Å². The Morgan fingerprint density at radius 1 is 1.44 bits per heavy atom. The normalized spacial score (nSPS) is 11.2. The van der Waals surface area contributed by atoms with Crippen LogP contribution in [0, 0.1) is 5.92 Å². The molecular formula is C10H13N5O. The average molecular weight is 219 g/mol. The second-order valence-electron chi connectivity index (χ2n) is 4.16. The Morgan fingerprint density at radius 3 is 3.00 bits per heavy atom. The number of nitrogens with zero attached hydrogens (tertiary/aromatic N) is 5. The maximum Gasteiger partial charge on any atom is 0.199 e. The molecular weight excluding hydrogens is 206 g/mol. The molecule has 0 aromatic carbocycles. The maximum absolute atomic E-state index is 11.6. The molecule has 2 aromatic rings. The minimum absolute atomic E-state index is 0.190. The molecule has 0 aliphatic carbocycles. The SMILES string of the molecule is CC(C)CC(=O)Cc1ccc2nnnn2n1. The molecule has 0 saturated carbocycles. The minimum Gasteiger partial charge on any atom is -0.299 e. The molecule has 0 aliphatic rings. The number of fused-ring (bicyclic) bond motifs is 1. The molecule has 0 saturated heterocycles. The molecule has 0 fully saturated rings. The van der Waals surface area contributed by atoms with Gasteiger partial charge >= 0.3 is 0 Å². The summed E-state index contributed by atoms with van der Waals surface area (Å²) in [7, 11) is 0. The smallest absolute Gasteiger partial charge is 0.199 e. The lowest BCUT2D eigenvalue weighted by atomic mass is 10.0. The van der Waals surface area contributed by atoms with E-state index in [9.17, 15) is 4.79 Å². The fraction of sp³-hybridized carbons (Fsp3) is 0.500. The third-order valence-electron chi connectivity index (χ3n) is 2.14. The summed E-state index contributed by atoms with van der Waals surface area (Å²) in [6.07, 6.45) is 0.920. The minimum atomic E-state index is 0.190. The zero-order chi connectivity index (χ0) is 11.5. The fourth-order valence-electron chi connectivity index (χ4n) is 1.51. The number of aromatic nitrogens is 5. The first-order valence-corrected chi connectivity index (χ1v) is 5.21. The largest absolute Gasteiger partial charge is 0.299 e. The van der Waals surface area contributed by atoms with Gasteiger partial charge in [0, 0.05) is 6.42 Å². The molecule has 6 nitrogen and oxygen atoms in total. The molecule has 2 aromatic heterocycles. The van der Waals surface area contributed by atoms with Gasteiger partial charge in [0.15, 0.2) is 5.65 Å². The first-order chi connectivity index (χ1) is 7.65. The van der Waals surface area contributed by atoms with Crippen molar-refractivity contribution in [2.24, 2.45) is 5.92 Å². The lowest BCUT2D eigenvalue weighted by Gasteiger charge is -2.03. The molecule has 84 valence electrons. The van der Waals surface area contributed by atoms with Crippen molar-refractivity contribution in [3.8, 4) is 0 Å². The molecule has 0 bridgehead atoms. The van der Waals surface area contributed by atoms with Crippen molar-refractivity contribution in [2.45, 2.75) is 26.7 Å². The summed E-state index contributed by atoms with van der Waals surface area (Å²) in [6, 6.07) is 3.54. The summed E-state index contributed by atoms with van der Waals surface area (Å²) in [6.45, 7) is 4.05. The number of hydrogen-bond acceptors (Lipinski definition) is 5. The topological polar surface area (TPSA) is 73.0 Å². The zero-order valence-corrected chi connectivity index (χ0v) is 9.29. The van der Waals surface area contributed by atoms with Crippen LogP contribution in [0.4, 0.5) is 0 Å². The van der Waals surface area contributed by atoms with E-state index in [-0.39, 0.29) is 5.78 Å². The number of ketones is 1. The Bertz CT molecular complexity index is 505. The van der Waals surface area contributed by atoms with E-state index in [1.54, 1.807) is 12.1 Å². The van der Waals surface area contributed by atoms with Crippen molar-refractivity contribution < 1.29 is 4.79 Å². The number of rotatable bonds is 4. The fourth-order valence-corrected chi connectivity index (χ4v) is 1.51. The van der Waals surface area contributed by atoms with Gasteiger partial charge in [-0.25, -0.2) is 0 Å². The number of hydrogen-bond donors (Lipinski definition) is 0. The summed E-state index contributed by atoms with van der Waals surface area (Å²) in [5, 5.41) is 15.1. The van der Waals surface area contributed by atoms with E-state index >= 15 is 0 Å². The first kappa shape index (κ1) is 10.7. The van der Waals surface area contributed by atoms with Gasteiger partial charge in [-0.1, -0.05) is 13.8 Å². The van der Waals surface area contributed by atoms with Crippen LogP contribution in [0.25, 0.3) is 5.65 Å². The predicted molar refractivity (Wildman–Crippen MR) is 56.7 cm³/mol. The van der Waals surface area contributed by atoms with Crippen molar-refractivity contribution in [1.82, 2.24) is 25.3 Å². The summed E-state index contributed by atoms with van der Waals surface area (Å²) >= 11 is 0.